The first-order valence-corrected chi connectivity index (χ1v) is 10.8. The average Bonchev–Trinajstić information content (AvgIpc) is 2.75. The molecule has 1 saturated heterocycles. The summed E-state index contributed by atoms with van der Waals surface area (Å²) in [6.45, 7) is 4.89. The van der Waals surface area contributed by atoms with Crippen LogP contribution in [-0.2, 0) is 16.1 Å². The molecule has 4 nitrogen and oxygen atoms in total. The van der Waals surface area contributed by atoms with E-state index in [9.17, 15) is 14.0 Å². The first kappa shape index (κ1) is 20.6. The van der Waals surface area contributed by atoms with Gasteiger partial charge in [-0.15, -0.1) is 0 Å². The number of hydrogen-bond acceptors (Lipinski definition) is 2. The maximum atomic E-state index is 13.7. The molecule has 0 N–H and O–H groups in total. The smallest absolute Gasteiger partial charge is 0.250 e. The minimum Gasteiger partial charge on any atom is -0.328 e. The molecule has 0 bridgehead atoms. The van der Waals surface area contributed by atoms with Crippen molar-refractivity contribution in [2.45, 2.75) is 51.7 Å². The van der Waals surface area contributed by atoms with E-state index in [1.165, 1.54) is 12.1 Å². The van der Waals surface area contributed by atoms with E-state index < -0.39 is 6.04 Å². The highest BCUT2D eigenvalue weighted by Gasteiger charge is 2.45. The van der Waals surface area contributed by atoms with Gasteiger partial charge in [-0.25, -0.2) is 4.39 Å². The molecule has 0 aromatic heterocycles. The van der Waals surface area contributed by atoms with Gasteiger partial charge in [0.1, 0.15) is 18.4 Å². The van der Waals surface area contributed by atoms with Crippen LogP contribution in [-0.4, -0.2) is 34.2 Å². The number of carbonyl (C=O) groups excluding carboxylic acids is 2. The third kappa shape index (κ3) is 3.98. The van der Waals surface area contributed by atoms with Crippen LogP contribution in [0.2, 0.25) is 0 Å². The van der Waals surface area contributed by atoms with Gasteiger partial charge >= 0.3 is 0 Å². The molecule has 0 spiro atoms. The molecule has 2 amide bonds. The summed E-state index contributed by atoms with van der Waals surface area (Å²) in [5, 5.41) is 0. The third-order valence-corrected chi connectivity index (χ3v) is 6.90. The molecule has 4 atom stereocenters. The summed E-state index contributed by atoms with van der Waals surface area (Å²) in [6.07, 6.45) is 3.16. The fourth-order valence-electron chi connectivity index (χ4n) is 4.95. The van der Waals surface area contributed by atoms with Gasteiger partial charge in [0.25, 0.3) is 5.91 Å². The maximum Gasteiger partial charge on any atom is 0.250 e. The van der Waals surface area contributed by atoms with Gasteiger partial charge in [0.15, 0.2) is 0 Å². The van der Waals surface area contributed by atoms with Gasteiger partial charge in [-0.3, -0.25) is 9.59 Å². The predicted molar refractivity (Wildman–Crippen MR) is 114 cm³/mol. The fourth-order valence-corrected chi connectivity index (χ4v) is 4.95. The molecule has 1 aliphatic heterocycles. The van der Waals surface area contributed by atoms with Crippen molar-refractivity contribution in [1.29, 1.82) is 0 Å². The van der Waals surface area contributed by atoms with E-state index in [1.54, 1.807) is 21.9 Å². The number of benzene rings is 2. The summed E-state index contributed by atoms with van der Waals surface area (Å²) in [4.78, 5) is 30.5. The topological polar surface area (TPSA) is 40.6 Å². The van der Waals surface area contributed by atoms with Crippen molar-refractivity contribution in [3.63, 3.8) is 0 Å². The highest BCUT2D eigenvalue weighted by molar-refractivity contribution is 5.95. The fraction of sp³-hybridized carbons (Fsp3) is 0.440. The average molecular weight is 409 g/mol. The molecule has 4 rings (SSSR count). The first-order valence-electron chi connectivity index (χ1n) is 10.8. The monoisotopic (exact) mass is 408 g/mol. The number of nitrogens with zero attached hydrogens (tertiary/aromatic N) is 2. The van der Waals surface area contributed by atoms with Gasteiger partial charge in [0.2, 0.25) is 5.91 Å². The van der Waals surface area contributed by atoms with Crippen molar-refractivity contribution >= 4 is 11.8 Å². The SMILES string of the molecule is C[C@@H]1[C@H](C)CCC[C@@H]1N1CC(=O)N(Cc2ccccc2)[C@@H](c2ccc(F)cc2)C1=O. The van der Waals surface area contributed by atoms with Crippen LogP contribution >= 0.6 is 0 Å². The predicted octanol–water partition coefficient (Wildman–Crippen LogP) is 4.56. The molecule has 2 aliphatic rings. The summed E-state index contributed by atoms with van der Waals surface area (Å²) in [6, 6.07) is 15.0. The van der Waals surface area contributed by atoms with Crippen LogP contribution < -0.4 is 0 Å². The zero-order valence-electron chi connectivity index (χ0n) is 17.6. The zero-order chi connectivity index (χ0) is 21.3. The number of carbonyl (C=O) groups is 2. The van der Waals surface area contributed by atoms with Crippen molar-refractivity contribution < 1.29 is 14.0 Å². The number of halogens is 1. The zero-order valence-corrected chi connectivity index (χ0v) is 17.6. The van der Waals surface area contributed by atoms with Crippen LogP contribution in [0.25, 0.3) is 0 Å². The highest BCUT2D eigenvalue weighted by atomic mass is 19.1. The number of hydrogen-bond donors (Lipinski definition) is 0. The Morgan fingerprint density at radius 1 is 0.967 bits per heavy atom. The van der Waals surface area contributed by atoms with Crippen LogP contribution in [0.1, 0.15) is 50.3 Å². The second kappa shape index (κ2) is 8.58. The molecular formula is C25H29FN2O2. The molecule has 5 heteroatoms. The summed E-state index contributed by atoms with van der Waals surface area (Å²) in [5.41, 5.74) is 1.63. The first-order chi connectivity index (χ1) is 14.5. The molecule has 30 heavy (non-hydrogen) atoms. The Labute approximate surface area is 177 Å². The standard InChI is InChI=1S/C25H29FN2O2/c1-17-7-6-10-22(18(17)2)27-16-23(29)28(15-19-8-4-3-5-9-19)24(25(27)30)20-11-13-21(26)14-12-20/h3-5,8-9,11-14,17-18,22,24H,6-7,10,15-16H2,1-2H3/t17-,18-,22+,24+/m1/s1. The summed E-state index contributed by atoms with van der Waals surface area (Å²) >= 11 is 0. The van der Waals surface area contributed by atoms with Gasteiger partial charge in [-0.05, 0) is 41.5 Å². The Hall–Kier alpha value is -2.69. The minimum absolute atomic E-state index is 0.0527. The normalized spacial score (nSPS) is 27.4. The Bertz CT molecular complexity index is 899. The number of rotatable bonds is 4. The van der Waals surface area contributed by atoms with E-state index in [-0.39, 0.29) is 30.2 Å². The Morgan fingerprint density at radius 2 is 1.67 bits per heavy atom. The summed E-state index contributed by atoms with van der Waals surface area (Å²) in [5.74, 6) is 0.416. The molecular weight excluding hydrogens is 379 g/mol. The Balaban J connectivity index is 1.69. The molecule has 2 aromatic carbocycles. The van der Waals surface area contributed by atoms with Gasteiger partial charge < -0.3 is 9.80 Å². The van der Waals surface area contributed by atoms with Crippen molar-refractivity contribution in [2.75, 3.05) is 6.54 Å². The minimum atomic E-state index is -0.725. The molecule has 1 heterocycles. The molecule has 2 fully saturated rings. The van der Waals surface area contributed by atoms with Crippen molar-refractivity contribution in [2.24, 2.45) is 11.8 Å². The van der Waals surface area contributed by atoms with E-state index in [0.29, 0.717) is 23.9 Å². The summed E-state index contributed by atoms with van der Waals surface area (Å²) in [7, 11) is 0. The van der Waals surface area contributed by atoms with Crippen LogP contribution in [0.3, 0.4) is 0 Å². The van der Waals surface area contributed by atoms with Gasteiger partial charge in [-0.2, -0.15) is 0 Å². The summed E-state index contributed by atoms with van der Waals surface area (Å²) < 4.78 is 13.6. The molecule has 158 valence electrons. The second-order valence-electron chi connectivity index (χ2n) is 8.76. The molecule has 2 aromatic rings. The van der Waals surface area contributed by atoms with E-state index in [2.05, 4.69) is 13.8 Å². The van der Waals surface area contributed by atoms with Crippen molar-refractivity contribution in [3.05, 3.63) is 71.5 Å². The molecule has 0 unspecified atom stereocenters. The van der Waals surface area contributed by atoms with Crippen molar-refractivity contribution in [3.8, 4) is 0 Å². The molecule has 1 saturated carbocycles. The number of amides is 2. The lowest BCUT2D eigenvalue weighted by molar-refractivity contribution is -0.161. The van der Waals surface area contributed by atoms with Crippen LogP contribution in [0, 0.1) is 17.7 Å². The van der Waals surface area contributed by atoms with Gasteiger partial charge in [0, 0.05) is 12.6 Å². The van der Waals surface area contributed by atoms with Crippen LogP contribution in [0.5, 0.6) is 0 Å². The van der Waals surface area contributed by atoms with E-state index >= 15 is 0 Å². The lowest BCUT2D eigenvalue weighted by Crippen LogP contribution is -2.60. The molecule has 0 radical (unpaired) electrons. The molecule has 1 aliphatic carbocycles. The third-order valence-electron chi connectivity index (χ3n) is 6.90. The second-order valence-corrected chi connectivity index (χ2v) is 8.76. The van der Waals surface area contributed by atoms with E-state index in [0.717, 1.165) is 24.8 Å². The number of piperazine rings is 1. The lowest BCUT2D eigenvalue weighted by atomic mass is 9.76. The Kier molecular flexibility index (Phi) is 5.89. The maximum absolute atomic E-state index is 13.7. The van der Waals surface area contributed by atoms with Crippen LogP contribution in [0.15, 0.2) is 54.6 Å². The van der Waals surface area contributed by atoms with E-state index in [1.807, 2.05) is 30.3 Å². The largest absolute Gasteiger partial charge is 0.328 e. The quantitative estimate of drug-likeness (QED) is 0.744. The van der Waals surface area contributed by atoms with Crippen molar-refractivity contribution in [1.82, 2.24) is 9.80 Å². The van der Waals surface area contributed by atoms with Gasteiger partial charge in [0.05, 0.1) is 0 Å². The highest BCUT2D eigenvalue weighted by Crippen LogP contribution is 2.37. The van der Waals surface area contributed by atoms with E-state index in [4.69, 9.17) is 0 Å². The van der Waals surface area contributed by atoms with Crippen LogP contribution in [0.4, 0.5) is 4.39 Å². The lowest BCUT2D eigenvalue weighted by Gasteiger charge is -2.47. The Morgan fingerprint density at radius 3 is 2.37 bits per heavy atom. The van der Waals surface area contributed by atoms with Gasteiger partial charge in [-0.1, -0.05) is 69.2 Å².